The molecular formula is C62H28F16N2. The van der Waals surface area contributed by atoms with E-state index >= 15 is 70.2 Å². The summed E-state index contributed by atoms with van der Waals surface area (Å²) in [6, 6.07) is 28.5. The van der Waals surface area contributed by atoms with Crippen molar-refractivity contribution in [3.8, 4) is 11.1 Å². The first-order valence-electron chi connectivity index (χ1n) is 23.9. The van der Waals surface area contributed by atoms with Gasteiger partial charge in [-0.05, 0) is 117 Å². The van der Waals surface area contributed by atoms with E-state index in [2.05, 4.69) is 0 Å². The zero-order valence-corrected chi connectivity index (χ0v) is 40.1. The Morgan fingerprint density at radius 2 is 0.412 bits per heavy atom. The highest BCUT2D eigenvalue weighted by Crippen LogP contribution is 2.61. The number of hydrogen-bond donors (Lipinski definition) is 0. The van der Waals surface area contributed by atoms with E-state index in [1.165, 1.54) is 72.8 Å². The number of fused-ring (bicyclic) bond motifs is 4. The van der Waals surface area contributed by atoms with Crippen molar-refractivity contribution in [3.63, 3.8) is 0 Å². The van der Waals surface area contributed by atoms with Crippen LogP contribution in [0.1, 0.15) is 44.5 Å². The second-order valence-electron chi connectivity index (χ2n) is 18.8. The van der Waals surface area contributed by atoms with Gasteiger partial charge >= 0.3 is 0 Å². The molecule has 0 amide bonds. The Balaban J connectivity index is 1.07. The molecule has 0 spiro atoms. The minimum absolute atomic E-state index is 0.237. The summed E-state index contributed by atoms with van der Waals surface area (Å²) in [4.78, 5) is 1.18. The highest BCUT2D eigenvalue weighted by atomic mass is 19.2. The fraction of sp³-hybridized carbons (Fsp3) is 0.0323. The molecule has 2 heterocycles. The standard InChI is InChI=1S/C62H28F16N2/c63-33-17-29(18-34(64)25-33)61(30-19-35(65)26-36(66)20-30)41-9-1-5-13-45(41)79(46-14-6-2-10-42(46)61)59-55(75)51(71)49(52(72)56(59)76)50-53(73)57(77)60(58(78)54(50)74)80-47-15-7-3-11-43(47)62(44-12-4-8-16-48(44)80,31-21-37(67)27-38(68)22-31)32-23-39(69)28-40(70)24-32/h1-28H. The van der Waals surface area contributed by atoms with E-state index in [0.717, 1.165) is 72.8 Å². The van der Waals surface area contributed by atoms with Gasteiger partial charge in [0.25, 0.3) is 0 Å². The van der Waals surface area contributed by atoms with Gasteiger partial charge in [-0.15, -0.1) is 0 Å². The second kappa shape index (κ2) is 18.7. The molecule has 0 N–H and O–H groups in total. The fourth-order valence-corrected chi connectivity index (χ4v) is 11.7. The summed E-state index contributed by atoms with van der Waals surface area (Å²) in [6.45, 7) is 0. The lowest BCUT2D eigenvalue weighted by atomic mass is 9.62. The molecule has 0 unspecified atom stereocenters. The molecule has 398 valence electrons. The summed E-state index contributed by atoms with van der Waals surface area (Å²) in [5.74, 6) is -29.4. The molecule has 2 aliphatic heterocycles. The van der Waals surface area contributed by atoms with E-state index in [1.54, 1.807) is 0 Å². The molecule has 10 aromatic rings. The third-order valence-electron chi connectivity index (χ3n) is 14.6. The van der Waals surface area contributed by atoms with E-state index in [-0.39, 0.29) is 44.5 Å². The van der Waals surface area contributed by atoms with E-state index < -0.39 is 149 Å². The van der Waals surface area contributed by atoms with Crippen LogP contribution in [0.5, 0.6) is 0 Å². The molecule has 10 aromatic carbocycles. The Kier molecular flexibility index (Phi) is 12.0. The van der Waals surface area contributed by atoms with Gasteiger partial charge in [-0.3, -0.25) is 0 Å². The van der Waals surface area contributed by atoms with Crippen LogP contribution in [0.25, 0.3) is 11.1 Å². The van der Waals surface area contributed by atoms with Gasteiger partial charge in [0.15, 0.2) is 46.5 Å². The molecule has 2 aliphatic rings. The first-order chi connectivity index (χ1) is 38.3. The average Bonchev–Trinajstić information content (AvgIpc) is 1.33. The first kappa shape index (κ1) is 51.4. The molecule has 12 rings (SSSR count). The van der Waals surface area contributed by atoms with Gasteiger partial charge in [0.1, 0.15) is 57.9 Å². The van der Waals surface area contributed by atoms with E-state index in [1.807, 2.05) is 0 Å². The van der Waals surface area contributed by atoms with Crippen molar-refractivity contribution in [1.82, 2.24) is 0 Å². The lowest BCUT2D eigenvalue weighted by molar-refractivity contribution is 0.444. The average molecular weight is 1100 g/mol. The first-order valence-corrected chi connectivity index (χ1v) is 23.9. The Morgan fingerprint density at radius 1 is 0.225 bits per heavy atom. The maximum absolute atomic E-state index is 17.3. The van der Waals surface area contributed by atoms with E-state index in [4.69, 9.17) is 0 Å². The van der Waals surface area contributed by atoms with Crippen LogP contribution in [0.3, 0.4) is 0 Å². The van der Waals surface area contributed by atoms with Crippen molar-refractivity contribution in [2.45, 2.75) is 10.8 Å². The van der Waals surface area contributed by atoms with Crippen LogP contribution in [0.2, 0.25) is 0 Å². The van der Waals surface area contributed by atoms with Crippen LogP contribution >= 0.6 is 0 Å². The van der Waals surface area contributed by atoms with Crippen molar-refractivity contribution in [1.29, 1.82) is 0 Å². The molecule has 0 aromatic heterocycles. The van der Waals surface area contributed by atoms with Crippen molar-refractivity contribution < 1.29 is 70.2 Å². The van der Waals surface area contributed by atoms with Gasteiger partial charge < -0.3 is 9.80 Å². The van der Waals surface area contributed by atoms with E-state index in [0.29, 0.717) is 34.1 Å². The third-order valence-corrected chi connectivity index (χ3v) is 14.6. The summed E-state index contributed by atoms with van der Waals surface area (Å²) in [5.41, 5.74) is -16.2. The zero-order chi connectivity index (χ0) is 56.4. The predicted molar refractivity (Wildman–Crippen MR) is 264 cm³/mol. The number of hydrogen-bond acceptors (Lipinski definition) is 2. The molecular weight excluding hydrogens is 1080 g/mol. The van der Waals surface area contributed by atoms with Crippen LogP contribution in [0, 0.1) is 93.1 Å². The Bertz CT molecular complexity index is 3660. The van der Waals surface area contributed by atoms with Crippen molar-refractivity contribution in [2.75, 3.05) is 9.80 Å². The summed E-state index contributed by atoms with van der Waals surface area (Å²) < 4.78 is 260. The molecule has 0 aliphatic carbocycles. The van der Waals surface area contributed by atoms with Gasteiger partial charge in [-0.25, -0.2) is 70.2 Å². The summed E-state index contributed by atoms with van der Waals surface area (Å²) in [7, 11) is 0. The molecule has 0 saturated heterocycles. The summed E-state index contributed by atoms with van der Waals surface area (Å²) >= 11 is 0. The molecule has 0 bridgehead atoms. The predicted octanol–water partition coefficient (Wildman–Crippen LogP) is 17.9. The highest BCUT2D eigenvalue weighted by Gasteiger charge is 2.51. The minimum Gasteiger partial charge on any atom is -0.304 e. The number of para-hydroxylation sites is 4. The quantitative estimate of drug-likeness (QED) is 0.116. The van der Waals surface area contributed by atoms with Crippen molar-refractivity contribution in [2.24, 2.45) is 0 Å². The van der Waals surface area contributed by atoms with Gasteiger partial charge in [0.05, 0.1) is 44.7 Å². The molecule has 2 nitrogen and oxygen atoms in total. The Hall–Kier alpha value is -9.32. The van der Waals surface area contributed by atoms with Crippen LogP contribution in [-0.4, -0.2) is 0 Å². The minimum atomic E-state index is -2.60. The molecule has 18 heteroatoms. The molecule has 0 fully saturated rings. The molecule has 0 atom stereocenters. The van der Waals surface area contributed by atoms with Crippen LogP contribution in [0.15, 0.2) is 170 Å². The highest BCUT2D eigenvalue weighted by molar-refractivity contribution is 5.93. The fourth-order valence-electron chi connectivity index (χ4n) is 11.7. The molecule has 0 saturated carbocycles. The van der Waals surface area contributed by atoms with Crippen molar-refractivity contribution in [3.05, 3.63) is 307 Å². The SMILES string of the molecule is Fc1cc(F)cc(C2(c3cc(F)cc(F)c3)c3ccccc3N(c3c(F)c(F)c(-c4c(F)c(F)c(N5c6ccccc6C(c6cc(F)cc(F)c6)(c6cc(F)cc(F)c6)c6ccccc65)c(F)c4F)c(F)c3F)c3ccccc32)c1. The number of halogens is 16. The molecule has 0 radical (unpaired) electrons. The van der Waals surface area contributed by atoms with Crippen molar-refractivity contribution >= 4 is 34.1 Å². The van der Waals surface area contributed by atoms with Gasteiger partial charge in [-0.2, -0.15) is 0 Å². The zero-order valence-electron chi connectivity index (χ0n) is 40.1. The van der Waals surface area contributed by atoms with Gasteiger partial charge in [0, 0.05) is 24.3 Å². The largest absolute Gasteiger partial charge is 0.304 e. The van der Waals surface area contributed by atoms with Crippen LogP contribution < -0.4 is 9.80 Å². The second-order valence-corrected chi connectivity index (χ2v) is 18.8. The van der Waals surface area contributed by atoms with E-state index in [9.17, 15) is 0 Å². The number of anilines is 6. The van der Waals surface area contributed by atoms with Crippen LogP contribution in [-0.2, 0) is 10.8 Å². The topological polar surface area (TPSA) is 6.48 Å². The molecule has 80 heavy (non-hydrogen) atoms. The maximum atomic E-state index is 17.3. The maximum Gasteiger partial charge on any atom is 0.186 e. The number of benzene rings is 10. The van der Waals surface area contributed by atoms with Crippen LogP contribution in [0.4, 0.5) is 104 Å². The Labute approximate surface area is 442 Å². The van der Waals surface area contributed by atoms with Gasteiger partial charge in [0.2, 0.25) is 0 Å². The smallest absolute Gasteiger partial charge is 0.186 e. The lowest BCUT2D eigenvalue weighted by Crippen LogP contribution is -2.38. The Morgan fingerprint density at radius 3 is 0.613 bits per heavy atom. The third kappa shape index (κ3) is 7.36. The lowest BCUT2D eigenvalue weighted by Gasteiger charge is -2.46. The number of nitrogens with zero attached hydrogens (tertiary/aromatic N) is 2. The summed E-state index contributed by atoms with van der Waals surface area (Å²) in [6.07, 6.45) is 0. The van der Waals surface area contributed by atoms with Gasteiger partial charge in [-0.1, -0.05) is 72.8 Å². The normalized spacial score (nSPS) is 13.9. The number of rotatable bonds is 7. The monoisotopic (exact) mass is 1100 g/mol. The summed E-state index contributed by atoms with van der Waals surface area (Å²) in [5, 5.41) is 0.